The zero-order valence-electron chi connectivity index (χ0n) is 4.60. The molecule has 0 rings (SSSR count). The largest absolute Gasteiger partial charge is 0.546 e. The lowest BCUT2D eigenvalue weighted by molar-refractivity contribution is -0.133. The third kappa shape index (κ3) is 4.11. The van der Waals surface area contributed by atoms with E-state index in [-0.39, 0.29) is 0 Å². The van der Waals surface area contributed by atoms with E-state index in [1.54, 1.807) is 0 Å². The number of hydrogen-bond donors (Lipinski definition) is 2. The van der Waals surface area contributed by atoms with Gasteiger partial charge in [0.2, 0.25) is 0 Å². The molecule has 0 spiro atoms. The molecule has 0 radical (unpaired) electrons. The molecule has 54 valence electrons. The first kappa shape index (κ1) is 8.58. The molecule has 0 aromatic rings. The number of carbonyl (C=O) groups excluding carboxylic acids is 1. The van der Waals surface area contributed by atoms with Crippen molar-refractivity contribution in [3.05, 3.63) is 0 Å². The van der Waals surface area contributed by atoms with Crippen LogP contribution in [0.2, 0.25) is 0 Å². The first-order chi connectivity index (χ1) is 3.98. The molecule has 0 aromatic heterocycles. The second kappa shape index (κ2) is 2.93. The molecule has 0 saturated heterocycles. The number of phosphoric ester groups is 1. The molecule has 1 atom stereocenters. The summed E-state index contributed by atoms with van der Waals surface area (Å²) in [6.07, 6.45) is 0. The van der Waals surface area contributed by atoms with Crippen molar-refractivity contribution in [2.75, 3.05) is 0 Å². The van der Waals surface area contributed by atoms with Crippen molar-refractivity contribution in [2.45, 2.75) is 6.92 Å². The molecule has 0 aliphatic carbocycles. The van der Waals surface area contributed by atoms with Crippen LogP contribution in [0, 0.1) is 0 Å². The van der Waals surface area contributed by atoms with Crippen molar-refractivity contribution < 1.29 is 23.4 Å². The summed E-state index contributed by atoms with van der Waals surface area (Å²) in [5, 5.41) is 0. The van der Waals surface area contributed by atoms with Crippen LogP contribution in [0.25, 0.3) is 0 Å². The molecule has 6 nitrogen and oxygen atoms in total. The zero-order chi connectivity index (χ0) is 7.49. The maximum atomic E-state index is 10.2. The SMILES string of the molecule is CC(=O)OP(=O)(O)ON. The summed E-state index contributed by atoms with van der Waals surface area (Å²) < 4.78 is 17.3. The van der Waals surface area contributed by atoms with E-state index >= 15 is 0 Å². The normalized spacial score (nSPS) is 16.3. The van der Waals surface area contributed by atoms with Crippen molar-refractivity contribution in [2.24, 2.45) is 5.90 Å². The van der Waals surface area contributed by atoms with Gasteiger partial charge in [-0.15, -0.1) is 0 Å². The van der Waals surface area contributed by atoms with Gasteiger partial charge in [0, 0.05) is 6.92 Å². The van der Waals surface area contributed by atoms with E-state index < -0.39 is 13.8 Å². The van der Waals surface area contributed by atoms with Gasteiger partial charge in [0.05, 0.1) is 0 Å². The lowest BCUT2D eigenvalue weighted by Crippen LogP contribution is -2.03. The Hall–Kier alpha value is -0.420. The minimum atomic E-state index is -4.30. The Balaban J connectivity index is 3.88. The molecular formula is C2H6NO5P. The maximum Gasteiger partial charge on any atom is 0.546 e. The fraction of sp³-hybridized carbons (Fsp3) is 0.500. The van der Waals surface area contributed by atoms with Crippen LogP contribution in [-0.2, 0) is 18.5 Å². The van der Waals surface area contributed by atoms with Gasteiger partial charge >= 0.3 is 13.8 Å². The highest BCUT2D eigenvalue weighted by Gasteiger charge is 2.22. The Labute approximate surface area is 51.1 Å². The molecule has 0 aliphatic heterocycles. The first-order valence-electron chi connectivity index (χ1n) is 1.89. The van der Waals surface area contributed by atoms with Crippen LogP contribution in [-0.4, -0.2) is 10.9 Å². The Bertz CT molecular complexity index is 155. The van der Waals surface area contributed by atoms with E-state index in [9.17, 15) is 9.36 Å². The Kier molecular flexibility index (Phi) is 2.80. The van der Waals surface area contributed by atoms with E-state index in [1.165, 1.54) is 0 Å². The van der Waals surface area contributed by atoms with Crippen LogP contribution >= 0.6 is 7.82 Å². The maximum absolute atomic E-state index is 10.2. The van der Waals surface area contributed by atoms with Gasteiger partial charge in [-0.1, -0.05) is 0 Å². The van der Waals surface area contributed by atoms with Crippen molar-refractivity contribution in [3.8, 4) is 0 Å². The van der Waals surface area contributed by atoms with Gasteiger partial charge in [0.1, 0.15) is 0 Å². The zero-order valence-corrected chi connectivity index (χ0v) is 5.50. The van der Waals surface area contributed by atoms with Gasteiger partial charge in [0.15, 0.2) is 0 Å². The third-order valence-electron chi connectivity index (χ3n) is 0.377. The topological polar surface area (TPSA) is 98.9 Å². The summed E-state index contributed by atoms with van der Waals surface area (Å²) in [7, 11) is -4.30. The van der Waals surface area contributed by atoms with Crippen molar-refractivity contribution in [1.29, 1.82) is 0 Å². The van der Waals surface area contributed by atoms with Crippen molar-refractivity contribution in [3.63, 3.8) is 0 Å². The second-order valence-electron chi connectivity index (χ2n) is 1.16. The van der Waals surface area contributed by atoms with Gasteiger partial charge in [-0.3, -0.25) is 9.69 Å². The minimum Gasteiger partial charge on any atom is -0.370 e. The van der Waals surface area contributed by atoms with Gasteiger partial charge in [-0.25, -0.2) is 10.5 Å². The molecule has 1 unspecified atom stereocenters. The van der Waals surface area contributed by atoms with E-state index in [0.717, 1.165) is 6.92 Å². The van der Waals surface area contributed by atoms with Crippen molar-refractivity contribution in [1.82, 2.24) is 0 Å². The molecule has 0 heterocycles. The molecule has 7 heteroatoms. The first-order valence-corrected chi connectivity index (χ1v) is 3.39. The third-order valence-corrected chi connectivity index (χ3v) is 1.13. The number of carbonyl (C=O) groups is 1. The molecule has 0 aliphatic rings. The van der Waals surface area contributed by atoms with Crippen LogP contribution in [0.3, 0.4) is 0 Å². The molecule has 0 fully saturated rings. The molecule has 0 bridgehead atoms. The lowest BCUT2D eigenvalue weighted by Gasteiger charge is -2.04. The van der Waals surface area contributed by atoms with E-state index in [2.05, 4.69) is 15.0 Å². The Morgan fingerprint density at radius 1 is 1.78 bits per heavy atom. The molecule has 0 aromatic carbocycles. The van der Waals surface area contributed by atoms with Crippen LogP contribution in [0.15, 0.2) is 0 Å². The summed E-state index contributed by atoms with van der Waals surface area (Å²) in [5.41, 5.74) is 0. The highest BCUT2D eigenvalue weighted by Crippen LogP contribution is 2.40. The minimum absolute atomic E-state index is 0.925. The molecule has 9 heavy (non-hydrogen) atoms. The molecule has 0 saturated carbocycles. The average molecular weight is 155 g/mol. The van der Waals surface area contributed by atoms with Gasteiger partial charge in [0.25, 0.3) is 0 Å². The average Bonchev–Trinajstić information content (AvgIpc) is 1.63. The second-order valence-corrected chi connectivity index (χ2v) is 2.49. The predicted octanol–water partition coefficient (Wildman–Crippen LogP) is -0.460. The fourth-order valence-corrected chi connectivity index (χ4v) is 0.552. The Morgan fingerprint density at radius 2 is 2.22 bits per heavy atom. The van der Waals surface area contributed by atoms with Crippen LogP contribution in [0.4, 0.5) is 0 Å². The Morgan fingerprint density at radius 3 is 2.33 bits per heavy atom. The number of nitrogens with two attached hydrogens (primary N) is 1. The summed E-state index contributed by atoms with van der Waals surface area (Å²) in [6.45, 7) is 0.960. The van der Waals surface area contributed by atoms with E-state index in [4.69, 9.17) is 4.89 Å². The number of rotatable bonds is 2. The summed E-state index contributed by atoms with van der Waals surface area (Å²) in [6, 6.07) is 0. The summed E-state index contributed by atoms with van der Waals surface area (Å²) in [4.78, 5) is 18.2. The summed E-state index contributed by atoms with van der Waals surface area (Å²) >= 11 is 0. The molecular weight excluding hydrogens is 149 g/mol. The predicted molar refractivity (Wildman–Crippen MR) is 26.9 cm³/mol. The highest BCUT2D eigenvalue weighted by atomic mass is 31.2. The highest BCUT2D eigenvalue weighted by molar-refractivity contribution is 7.47. The summed E-state index contributed by atoms with van der Waals surface area (Å²) in [5.74, 6) is 3.34. The lowest BCUT2D eigenvalue weighted by atomic mass is 10.9. The monoisotopic (exact) mass is 155 g/mol. The number of phosphoric acid groups is 1. The van der Waals surface area contributed by atoms with Gasteiger partial charge < -0.3 is 4.52 Å². The van der Waals surface area contributed by atoms with Crippen LogP contribution in [0.5, 0.6) is 0 Å². The van der Waals surface area contributed by atoms with Gasteiger partial charge in [-0.2, -0.15) is 4.62 Å². The smallest absolute Gasteiger partial charge is 0.370 e. The van der Waals surface area contributed by atoms with E-state index in [0.29, 0.717) is 0 Å². The van der Waals surface area contributed by atoms with Crippen molar-refractivity contribution >= 4 is 13.8 Å². The quantitative estimate of drug-likeness (QED) is 0.413. The van der Waals surface area contributed by atoms with Crippen LogP contribution in [0.1, 0.15) is 6.92 Å². The van der Waals surface area contributed by atoms with E-state index in [1.807, 2.05) is 0 Å². The molecule has 3 N–H and O–H groups in total. The number of hydrogen-bond acceptors (Lipinski definition) is 5. The molecule has 0 amide bonds. The van der Waals surface area contributed by atoms with Crippen LogP contribution < -0.4 is 5.90 Å². The van der Waals surface area contributed by atoms with Gasteiger partial charge in [-0.05, 0) is 0 Å². The standard InChI is InChI=1S/C2H6NO5P/c1-2(4)7-9(5,6)8-3/h3H2,1H3,(H,5,6). The fourth-order valence-electron chi connectivity index (χ4n) is 0.184.